The van der Waals surface area contributed by atoms with E-state index >= 15 is 0 Å². The molecule has 2 fully saturated rings. The summed E-state index contributed by atoms with van der Waals surface area (Å²) in [5.74, 6) is 0.279. The molecule has 0 radical (unpaired) electrons. The maximum Gasteiger partial charge on any atom is 0.433 e. The molecule has 2 aromatic rings. The predicted molar refractivity (Wildman–Crippen MR) is 129 cm³/mol. The molecule has 34 heavy (non-hydrogen) atoms. The maximum atomic E-state index is 13.3. The molecule has 1 aromatic heterocycles. The summed E-state index contributed by atoms with van der Waals surface area (Å²) in [7, 11) is 0. The van der Waals surface area contributed by atoms with E-state index < -0.39 is 11.9 Å². The number of para-hydroxylation sites is 1. The van der Waals surface area contributed by atoms with E-state index in [0.29, 0.717) is 16.6 Å². The quantitative estimate of drug-likeness (QED) is 0.460. The van der Waals surface area contributed by atoms with Crippen LogP contribution in [0.3, 0.4) is 0 Å². The number of anilines is 1. The van der Waals surface area contributed by atoms with Crippen LogP contribution < -0.4 is 10.6 Å². The van der Waals surface area contributed by atoms with E-state index in [1.807, 2.05) is 31.2 Å². The minimum atomic E-state index is -4.50. The van der Waals surface area contributed by atoms with Crippen molar-refractivity contribution in [2.45, 2.75) is 57.3 Å². The summed E-state index contributed by atoms with van der Waals surface area (Å²) in [6.45, 7) is 6.02. The van der Waals surface area contributed by atoms with Crippen molar-refractivity contribution in [2.24, 2.45) is 11.8 Å². The number of benzene rings is 1. The molecule has 2 aliphatic carbocycles. The van der Waals surface area contributed by atoms with Gasteiger partial charge in [-0.2, -0.15) is 13.2 Å². The van der Waals surface area contributed by atoms with E-state index in [9.17, 15) is 18.0 Å². The lowest BCUT2D eigenvalue weighted by molar-refractivity contribution is -0.140. The molecular formula is C27H30F3N3O. The fourth-order valence-electron chi connectivity index (χ4n) is 4.66. The highest BCUT2D eigenvalue weighted by Gasteiger charge is 2.44. The zero-order valence-corrected chi connectivity index (χ0v) is 19.2. The topological polar surface area (TPSA) is 54.0 Å². The molecule has 0 unspecified atom stereocenters. The average Bonchev–Trinajstić information content (AvgIpc) is 3.61. The summed E-state index contributed by atoms with van der Waals surface area (Å²) < 4.78 is 40.0. The molecule has 1 amide bonds. The first-order chi connectivity index (χ1) is 16.3. The summed E-state index contributed by atoms with van der Waals surface area (Å²) >= 11 is 0. The summed E-state index contributed by atoms with van der Waals surface area (Å²) in [4.78, 5) is 16.4. The Balaban J connectivity index is 1.32. The van der Waals surface area contributed by atoms with Gasteiger partial charge in [-0.15, -0.1) is 0 Å². The summed E-state index contributed by atoms with van der Waals surface area (Å²) in [5.41, 5.74) is 0.863. The first-order valence-corrected chi connectivity index (χ1v) is 11.8. The first-order valence-electron chi connectivity index (χ1n) is 11.8. The van der Waals surface area contributed by atoms with Crippen molar-refractivity contribution < 1.29 is 18.0 Å². The Hall–Kier alpha value is -3.09. The van der Waals surface area contributed by atoms with E-state index in [2.05, 4.69) is 22.2 Å². The lowest BCUT2D eigenvalue weighted by Gasteiger charge is -2.31. The van der Waals surface area contributed by atoms with Crippen LogP contribution in [0.4, 0.5) is 18.9 Å². The largest absolute Gasteiger partial charge is 0.433 e. The van der Waals surface area contributed by atoms with Gasteiger partial charge >= 0.3 is 6.18 Å². The van der Waals surface area contributed by atoms with Crippen molar-refractivity contribution in [3.8, 4) is 0 Å². The van der Waals surface area contributed by atoms with E-state index in [0.717, 1.165) is 43.7 Å². The average molecular weight is 470 g/mol. The van der Waals surface area contributed by atoms with Crippen LogP contribution in [-0.4, -0.2) is 23.0 Å². The smallest absolute Gasteiger partial charge is 0.382 e. The Labute approximate surface area is 198 Å². The number of allylic oxidation sites excluding steroid dienone is 5. The molecule has 4 rings (SSSR count). The zero-order chi connectivity index (χ0) is 24.3. The monoisotopic (exact) mass is 469 g/mol. The fraction of sp³-hybridized carbons (Fsp3) is 0.407. The Morgan fingerprint density at radius 1 is 1.09 bits per heavy atom. The van der Waals surface area contributed by atoms with Gasteiger partial charge in [0.25, 0.3) is 0 Å². The number of alkyl halides is 3. The van der Waals surface area contributed by atoms with Gasteiger partial charge in [0.05, 0.1) is 5.52 Å². The van der Waals surface area contributed by atoms with Crippen molar-refractivity contribution in [1.29, 1.82) is 0 Å². The van der Waals surface area contributed by atoms with Crippen molar-refractivity contribution in [3.05, 3.63) is 72.5 Å². The Morgan fingerprint density at radius 2 is 1.79 bits per heavy atom. The van der Waals surface area contributed by atoms with E-state index in [4.69, 9.17) is 0 Å². The minimum absolute atomic E-state index is 0.0115. The number of hydrogen-bond acceptors (Lipinski definition) is 3. The third-order valence-corrected chi connectivity index (χ3v) is 6.66. The highest BCUT2D eigenvalue weighted by molar-refractivity contribution is 5.91. The highest BCUT2D eigenvalue weighted by atomic mass is 19.4. The SMILES string of the molecule is C=C(/C=C\C=C/C)[C@H]1C[C@@H]1C(=O)N[C@H]1CC[C@@H](Nc2cc(C(F)(F)F)nc3ccccc23)CC1. The Kier molecular flexibility index (Phi) is 7.10. The molecular weight excluding hydrogens is 439 g/mol. The number of rotatable bonds is 7. The molecule has 2 saturated carbocycles. The van der Waals surface area contributed by atoms with Gasteiger partial charge in [0, 0.05) is 29.1 Å². The minimum Gasteiger partial charge on any atom is -0.382 e. The summed E-state index contributed by atoms with van der Waals surface area (Å²) in [6.07, 6.45) is 7.23. The molecule has 0 bridgehead atoms. The van der Waals surface area contributed by atoms with Crippen LogP contribution in [0.5, 0.6) is 0 Å². The molecule has 7 heteroatoms. The van der Waals surface area contributed by atoms with Gasteiger partial charge in [0.15, 0.2) is 0 Å². The summed E-state index contributed by atoms with van der Waals surface area (Å²) in [5, 5.41) is 7.16. The third kappa shape index (κ3) is 5.69. The van der Waals surface area contributed by atoms with E-state index in [-0.39, 0.29) is 29.8 Å². The number of amides is 1. The molecule has 2 N–H and O–H groups in total. The second kappa shape index (κ2) is 10.0. The van der Waals surface area contributed by atoms with Crippen molar-refractivity contribution in [1.82, 2.24) is 10.3 Å². The number of aromatic nitrogens is 1. The van der Waals surface area contributed by atoms with Crippen LogP contribution in [0, 0.1) is 11.8 Å². The molecule has 1 heterocycles. The molecule has 2 atom stereocenters. The normalized spacial score (nSPS) is 25.1. The van der Waals surface area contributed by atoms with Crippen LogP contribution in [0.25, 0.3) is 10.9 Å². The van der Waals surface area contributed by atoms with Crippen molar-refractivity contribution in [2.75, 3.05) is 5.32 Å². The Morgan fingerprint density at radius 3 is 2.50 bits per heavy atom. The van der Waals surface area contributed by atoms with Crippen molar-refractivity contribution in [3.63, 3.8) is 0 Å². The second-order valence-corrected chi connectivity index (χ2v) is 9.18. The number of carbonyl (C=O) groups excluding carboxylic acids is 1. The molecule has 0 spiro atoms. The van der Waals surface area contributed by atoms with Gasteiger partial charge in [-0.05, 0) is 57.1 Å². The maximum absolute atomic E-state index is 13.3. The number of pyridine rings is 1. The number of fused-ring (bicyclic) bond motifs is 1. The van der Waals surface area contributed by atoms with Crippen LogP contribution >= 0.6 is 0 Å². The lowest BCUT2D eigenvalue weighted by Crippen LogP contribution is -2.41. The van der Waals surface area contributed by atoms with Gasteiger partial charge < -0.3 is 10.6 Å². The number of hydrogen-bond donors (Lipinski definition) is 2. The number of carbonyl (C=O) groups is 1. The lowest BCUT2D eigenvalue weighted by atomic mass is 9.90. The zero-order valence-electron chi connectivity index (χ0n) is 19.2. The van der Waals surface area contributed by atoms with Crippen molar-refractivity contribution >= 4 is 22.5 Å². The Bertz CT molecular complexity index is 1110. The molecule has 0 aliphatic heterocycles. The van der Waals surface area contributed by atoms with E-state index in [1.165, 1.54) is 0 Å². The number of halogens is 3. The van der Waals surface area contributed by atoms with E-state index in [1.54, 1.807) is 24.3 Å². The molecule has 0 saturated heterocycles. The number of nitrogens with zero attached hydrogens (tertiary/aromatic N) is 1. The molecule has 2 aliphatic rings. The second-order valence-electron chi connectivity index (χ2n) is 9.18. The number of nitrogens with one attached hydrogen (secondary N) is 2. The molecule has 4 nitrogen and oxygen atoms in total. The van der Waals surface area contributed by atoms with Crippen LogP contribution in [0.1, 0.15) is 44.7 Å². The van der Waals surface area contributed by atoms with Crippen LogP contribution in [0.2, 0.25) is 0 Å². The standard InChI is InChI=1S/C27H30F3N3O/c1-3-4-5-8-17(2)21-15-22(21)26(34)32-19-13-11-18(12-14-19)31-24-16-25(27(28,29)30)33-23-10-7-6-9-20(23)24/h3-10,16,18-19,21-22H,2,11-15H2,1H3,(H,31,33)(H,32,34)/b4-3-,8-5-/t18-,19+,21-,22+/m1/s1. The van der Waals surface area contributed by atoms with Gasteiger partial charge in [-0.1, -0.05) is 54.7 Å². The van der Waals surface area contributed by atoms with Gasteiger partial charge in [-0.25, -0.2) is 4.98 Å². The third-order valence-electron chi connectivity index (χ3n) is 6.66. The fourth-order valence-corrected chi connectivity index (χ4v) is 4.66. The van der Waals surface area contributed by atoms with Crippen LogP contribution in [-0.2, 0) is 11.0 Å². The summed E-state index contributed by atoms with van der Waals surface area (Å²) in [6, 6.07) is 8.10. The van der Waals surface area contributed by atoms with Crippen LogP contribution in [0.15, 0.2) is 66.8 Å². The molecule has 180 valence electrons. The molecule has 1 aromatic carbocycles. The van der Waals surface area contributed by atoms with Gasteiger partial charge in [0.1, 0.15) is 5.69 Å². The first kappa shape index (κ1) is 24.0. The van der Waals surface area contributed by atoms with Gasteiger partial charge in [0.2, 0.25) is 5.91 Å². The highest BCUT2D eigenvalue weighted by Crippen LogP contribution is 2.44. The predicted octanol–water partition coefficient (Wildman–Crippen LogP) is 6.42. The van der Waals surface area contributed by atoms with Gasteiger partial charge in [-0.3, -0.25) is 4.79 Å².